The lowest BCUT2D eigenvalue weighted by atomic mass is 10.2. The maximum atomic E-state index is 11.6. The molecule has 1 saturated heterocycles. The maximum absolute atomic E-state index is 11.6. The molecule has 1 aromatic heterocycles. The molecule has 2 aliphatic heterocycles. The SMILES string of the molecule is CS(=O)(=O)N1CCn2nc(COC3CCCCO3)cc2C1. The molecule has 1 atom stereocenters. The van der Waals surface area contributed by atoms with Crippen LogP contribution >= 0.6 is 0 Å². The summed E-state index contributed by atoms with van der Waals surface area (Å²) in [5, 5.41) is 4.47. The van der Waals surface area contributed by atoms with Crippen molar-refractivity contribution in [1.82, 2.24) is 14.1 Å². The molecule has 3 heterocycles. The number of hydrogen-bond donors (Lipinski definition) is 0. The van der Waals surface area contributed by atoms with Crippen molar-refractivity contribution in [3.63, 3.8) is 0 Å². The molecule has 0 aliphatic carbocycles. The number of aromatic nitrogens is 2. The molecule has 0 saturated carbocycles. The van der Waals surface area contributed by atoms with Crippen molar-refractivity contribution >= 4 is 10.0 Å². The first kappa shape index (κ1) is 15.0. The largest absolute Gasteiger partial charge is 0.353 e. The molecule has 0 aromatic carbocycles. The summed E-state index contributed by atoms with van der Waals surface area (Å²) in [5.74, 6) is 0. The molecule has 0 radical (unpaired) electrons. The lowest BCUT2D eigenvalue weighted by Gasteiger charge is -2.25. The van der Waals surface area contributed by atoms with E-state index in [0.717, 1.165) is 37.3 Å². The van der Waals surface area contributed by atoms with Gasteiger partial charge in [0.25, 0.3) is 0 Å². The number of nitrogens with zero attached hydrogens (tertiary/aromatic N) is 3. The van der Waals surface area contributed by atoms with Gasteiger partial charge in [-0.2, -0.15) is 9.40 Å². The summed E-state index contributed by atoms with van der Waals surface area (Å²) in [6.07, 6.45) is 4.26. The molecule has 2 aliphatic rings. The Morgan fingerprint density at radius 1 is 1.43 bits per heavy atom. The van der Waals surface area contributed by atoms with Gasteiger partial charge >= 0.3 is 0 Å². The quantitative estimate of drug-likeness (QED) is 0.818. The number of sulfonamides is 1. The zero-order chi connectivity index (χ0) is 14.9. The summed E-state index contributed by atoms with van der Waals surface area (Å²) in [5.41, 5.74) is 1.74. The lowest BCUT2D eigenvalue weighted by Crippen LogP contribution is -2.37. The van der Waals surface area contributed by atoms with Crippen LogP contribution in [0.25, 0.3) is 0 Å². The fourth-order valence-corrected chi connectivity index (χ4v) is 3.46. The van der Waals surface area contributed by atoms with Crippen LogP contribution in [0, 0.1) is 0 Å². The summed E-state index contributed by atoms with van der Waals surface area (Å²) in [6, 6.07) is 1.92. The molecule has 21 heavy (non-hydrogen) atoms. The number of ether oxygens (including phenoxy) is 2. The van der Waals surface area contributed by atoms with Gasteiger partial charge in [0.15, 0.2) is 6.29 Å². The fraction of sp³-hybridized carbons (Fsp3) is 0.769. The third-order valence-corrected chi connectivity index (χ3v) is 5.09. The summed E-state index contributed by atoms with van der Waals surface area (Å²) in [4.78, 5) is 0. The molecule has 3 rings (SSSR count). The Morgan fingerprint density at radius 3 is 3.00 bits per heavy atom. The Hall–Kier alpha value is -0.960. The minimum atomic E-state index is -3.15. The van der Waals surface area contributed by atoms with Crippen LogP contribution in [-0.4, -0.2) is 48.2 Å². The molecule has 0 spiro atoms. The summed E-state index contributed by atoms with van der Waals surface area (Å²) >= 11 is 0. The van der Waals surface area contributed by atoms with Crippen LogP contribution in [0.3, 0.4) is 0 Å². The van der Waals surface area contributed by atoms with E-state index in [-0.39, 0.29) is 6.29 Å². The summed E-state index contributed by atoms with van der Waals surface area (Å²) < 4.78 is 37.7. The average molecular weight is 315 g/mol. The van der Waals surface area contributed by atoms with E-state index in [0.29, 0.717) is 26.2 Å². The fourth-order valence-electron chi connectivity index (χ4n) is 2.68. The highest BCUT2D eigenvalue weighted by atomic mass is 32.2. The Labute approximate surface area is 124 Å². The predicted molar refractivity (Wildman–Crippen MR) is 75.9 cm³/mol. The van der Waals surface area contributed by atoms with Gasteiger partial charge in [-0.3, -0.25) is 4.68 Å². The van der Waals surface area contributed by atoms with E-state index in [2.05, 4.69) is 5.10 Å². The third kappa shape index (κ3) is 3.63. The van der Waals surface area contributed by atoms with Crippen molar-refractivity contribution in [3.05, 3.63) is 17.5 Å². The van der Waals surface area contributed by atoms with Crippen molar-refractivity contribution in [2.24, 2.45) is 0 Å². The molecule has 1 fully saturated rings. The van der Waals surface area contributed by atoms with Gasteiger partial charge < -0.3 is 9.47 Å². The molecule has 8 heteroatoms. The summed E-state index contributed by atoms with van der Waals surface area (Å²) in [6.45, 7) is 2.60. The molecule has 0 N–H and O–H groups in total. The molecule has 7 nitrogen and oxygen atoms in total. The smallest absolute Gasteiger partial charge is 0.211 e. The Balaban J connectivity index is 1.61. The van der Waals surface area contributed by atoms with Gasteiger partial charge in [0.2, 0.25) is 10.0 Å². The first-order valence-corrected chi connectivity index (χ1v) is 9.11. The topological polar surface area (TPSA) is 73.7 Å². The van der Waals surface area contributed by atoms with Crippen LogP contribution in [0.4, 0.5) is 0 Å². The van der Waals surface area contributed by atoms with Gasteiger partial charge in [-0.05, 0) is 25.3 Å². The second-order valence-corrected chi connectivity index (χ2v) is 7.54. The first-order valence-electron chi connectivity index (χ1n) is 7.26. The molecule has 118 valence electrons. The van der Waals surface area contributed by atoms with Crippen molar-refractivity contribution in [2.75, 3.05) is 19.4 Å². The molecular formula is C13H21N3O4S. The van der Waals surface area contributed by atoms with E-state index >= 15 is 0 Å². The first-order chi connectivity index (χ1) is 10.0. The van der Waals surface area contributed by atoms with Crippen LogP contribution < -0.4 is 0 Å². The minimum Gasteiger partial charge on any atom is -0.353 e. The van der Waals surface area contributed by atoms with Crippen LogP contribution in [0.5, 0.6) is 0 Å². The summed E-state index contributed by atoms with van der Waals surface area (Å²) in [7, 11) is -3.15. The van der Waals surface area contributed by atoms with E-state index in [4.69, 9.17) is 9.47 Å². The van der Waals surface area contributed by atoms with E-state index in [1.165, 1.54) is 10.6 Å². The lowest BCUT2D eigenvalue weighted by molar-refractivity contribution is -0.169. The molecule has 1 aromatic rings. The van der Waals surface area contributed by atoms with Crippen LogP contribution in [-0.2, 0) is 39.2 Å². The zero-order valence-electron chi connectivity index (χ0n) is 12.2. The van der Waals surface area contributed by atoms with Gasteiger partial charge in [-0.15, -0.1) is 0 Å². The highest BCUT2D eigenvalue weighted by Gasteiger charge is 2.24. The Kier molecular flexibility index (Phi) is 4.30. The zero-order valence-corrected chi connectivity index (χ0v) is 13.0. The monoisotopic (exact) mass is 315 g/mol. The Morgan fingerprint density at radius 2 is 2.29 bits per heavy atom. The van der Waals surface area contributed by atoms with Gasteiger partial charge in [-0.1, -0.05) is 0 Å². The minimum absolute atomic E-state index is 0.134. The van der Waals surface area contributed by atoms with Crippen LogP contribution in [0.2, 0.25) is 0 Å². The van der Waals surface area contributed by atoms with E-state index in [1.54, 1.807) is 0 Å². The van der Waals surface area contributed by atoms with Gasteiger partial charge in [0, 0.05) is 13.2 Å². The van der Waals surface area contributed by atoms with Crippen molar-refractivity contribution in [1.29, 1.82) is 0 Å². The maximum Gasteiger partial charge on any atom is 0.211 e. The molecular weight excluding hydrogens is 294 g/mol. The predicted octanol–water partition coefficient (Wildman–Crippen LogP) is 0.701. The molecule has 1 unspecified atom stereocenters. The van der Waals surface area contributed by atoms with Crippen molar-refractivity contribution in [3.8, 4) is 0 Å². The third-order valence-electron chi connectivity index (χ3n) is 3.84. The van der Waals surface area contributed by atoms with Crippen molar-refractivity contribution < 1.29 is 17.9 Å². The molecule has 0 amide bonds. The molecule has 0 bridgehead atoms. The highest BCUT2D eigenvalue weighted by molar-refractivity contribution is 7.88. The van der Waals surface area contributed by atoms with Gasteiger partial charge in [0.05, 0.1) is 37.3 Å². The normalized spacial score (nSPS) is 24.0. The number of rotatable bonds is 4. The van der Waals surface area contributed by atoms with E-state index in [9.17, 15) is 8.42 Å². The van der Waals surface area contributed by atoms with Gasteiger partial charge in [-0.25, -0.2) is 8.42 Å². The van der Waals surface area contributed by atoms with Crippen LogP contribution in [0.1, 0.15) is 30.7 Å². The van der Waals surface area contributed by atoms with E-state index in [1.807, 2.05) is 10.7 Å². The highest BCUT2D eigenvalue weighted by Crippen LogP contribution is 2.18. The average Bonchev–Trinajstić information content (AvgIpc) is 2.87. The number of fused-ring (bicyclic) bond motifs is 1. The van der Waals surface area contributed by atoms with Crippen LogP contribution in [0.15, 0.2) is 6.07 Å². The second-order valence-electron chi connectivity index (χ2n) is 5.55. The number of hydrogen-bond acceptors (Lipinski definition) is 5. The van der Waals surface area contributed by atoms with E-state index < -0.39 is 10.0 Å². The Bertz CT molecular complexity index is 593. The second kappa shape index (κ2) is 6.04. The van der Waals surface area contributed by atoms with Crippen molar-refractivity contribution in [2.45, 2.75) is 45.2 Å². The van der Waals surface area contributed by atoms with Gasteiger partial charge in [0.1, 0.15) is 0 Å². The standard InChI is InChI=1S/C13H21N3O4S/c1-21(17,18)15-5-6-16-12(9-15)8-11(14-16)10-20-13-4-2-3-7-19-13/h8,13H,2-7,9-10H2,1H3.